The Balaban J connectivity index is 1.22. The molecule has 0 radical (unpaired) electrons. The highest BCUT2D eigenvalue weighted by molar-refractivity contribution is 7.14. The van der Waals surface area contributed by atoms with Crippen molar-refractivity contribution in [1.29, 1.82) is 0 Å². The van der Waals surface area contributed by atoms with Gasteiger partial charge in [-0.25, -0.2) is 4.98 Å². The minimum absolute atomic E-state index is 0.0152. The summed E-state index contributed by atoms with van der Waals surface area (Å²) in [6.07, 6.45) is -0.738. The summed E-state index contributed by atoms with van der Waals surface area (Å²) in [5, 5.41) is 7.83. The first-order valence-electron chi connectivity index (χ1n) is 14.5. The number of halogens is 6. The molecule has 0 spiro atoms. The van der Waals surface area contributed by atoms with Crippen molar-refractivity contribution < 1.29 is 27.4 Å². The van der Waals surface area contributed by atoms with Crippen LogP contribution in [-0.2, 0) is 17.5 Å². The van der Waals surface area contributed by atoms with Crippen LogP contribution in [0.15, 0.2) is 42.1 Å². The molecule has 1 saturated heterocycles. The lowest BCUT2D eigenvalue weighted by atomic mass is 9.86. The number of fused-ring (bicyclic) bond motifs is 2. The molecule has 2 atom stereocenters. The lowest BCUT2D eigenvalue weighted by Gasteiger charge is -2.40. The van der Waals surface area contributed by atoms with Crippen molar-refractivity contribution in [3.05, 3.63) is 78.7 Å². The third kappa shape index (κ3) is 7.24. The number of aromatic nitrogens is 1. The van der Waals surface area contributed by atoms with Gasteiger partial charge in [-0.3, -0.25) is 4.79 Å². The minimum Gasteiger partial charge on any atom is -0.487 e. The topological polar surface area (TPSA) is 75.7 Å². The summed E-state index contributed by atoms with van der Waals surface area (Å²) < 4.78 is 52.3. The van der Waals surface area contributed by atoms with Crippen LogP contribution in [0.25, 0.3) is 5.57 Å². The van der Waals surface area contributed by atoms with E-state index in [0.29, 0.717) is 39.5 Å². The van der Waals surface area contributed by atoms with Crippen LogP contribution in [-0.4, -0.2) is 60.2 Å². The Kier molecular flexibility index (Phi) is 9.57. The van der Waals surface area contributed by atoms with E-state index in [2.05, 4.69) is 15.6 Å². The molecule has 45 heavy (non-hydrogen) atoms. The SMILES string of the molecule is Cc1cc(Cl)c(OCCOc2ncc(C3=C(C(=O)N(Cc4cccc(C(F)(F)F)c4Cl)C4CC4)C4CNC[C@H](C3)N4)s2)c(Cl)c1. The summed E-state index contributed by atoms with van der Waals surface area (Å²) in [7, 11) is 0. The van der Waals surface area contributed by atoms with Crippen molar-refractivity contribution >= 4 is 57.6 Å². The number of carbonyl (C=O) groups is 1. The number of aryl methyl sites for hydroxylation is 1. The van der Waals surface area contributed by atoms with E-state index in [-0.39, 0.29) is 54.4 Å². The fraction of sp³-hybridized carbons (Fsp3) is 0.419. The van der Waals surface area contributed by atoms with E-state index in [1.54, 1.807) is 29.3 Å². The van der Waals surface area contributed by atoms with E-state index in [4.69, 9.17) is 44.3 Å². The van der Waals surface area contributed by atoms with Gasteiger partial charge in [-0.1, -0.05) is 58.3 Å². The normalized spacial score (nSPS) is 19.9. The molecule has 7 nitrogen and oxygen atoms in total. The van der Waals surface area contributed by atoms with E-state index in [9.17, 15) is 18.0 Å². The maximum absolute atomic E-state index is 14.3. The summed E-state index contributed by atoms with van der Waals surface area (Å²) in [6, 6.07) is 7.16. The average Bonchev–Trinajstić information content (AvgIpc) is 3.71. The number of carbonyl (C=O) groups excluding carboxylic acids is 1. The third-order valence-electron chi connectivity index (χ3n) is 7.98. The van der Waals surface area contributed by atoms with Gasteiger partial charge in [-0.2, -0.15) is 13.2 Å². The van der Waals surface area contributed by atoms with Gasteiger partial charge in [0.05, 0.1) is 31.6 Å². The number of hydrogen-bond acceptors (Lipinski definition) is 7. The largest absolute Gasteiger partial charge is 0.487 e. The average molecular weight is 702 g/mol. The number of hydrogen-bond donors (Lipinski definition) is 2. The number of nitrogens with one attached hydrogen (secondary N) is 2. The third-order valence-corrected chi connectivity index (χ3v) is 9.96. The van der Waals surface area contributed by atoms with Crippen LogP contribution in [0.4, 0.5) is 13.2 Å². The molecule has 3 heterocycles. The summed E-state index contributed by atoms with van der Waals surface area (Å²) in [6.45, 7) is 3.56. The number of rotatable bonds is 10. The van der Waals surface area contributed by atoms with E-state index < -0.39 is 11.7 Å². The number of piperazine rings is 1. The Morgan fingerprint density at radius 1 is 1.11 bits per heavy atom. The summed E-state index contributed by atoms with van der Waals surface area (Å²) in [4.78, 5) is 21.3. The van der Waals surface area contributed by atoms with Gasteiger partial charge in [0, 0.05) is 43.5 Å². The van der Waals surface area contributed by atoms with Crippen LogP contribution in [0.2, 0.25) is 15.1 Å². The molecule has 1 saturated carbocycles. The van der Waals surface area contributed by atoms with Gasteiger partial charge in [-0.15, -0.1) is 0 Å². The number of benzene rings is 2. The molecule has 2 fully saturated rings. The molecule has 1 amide bonds. The number of ether oxygens (including phenoxy) is 2. The molecule has 1 unspecified atom stereocenters. The molecule has 2 aliphatic heterocycles. The Hall–Kier alpha value is -2.54. The molecule has 2 aromatic carbocycles. The minimum atomic E-state index is -4.59. The quantitative estimate of drug-likeness (QED) is 0.219. The number of thiazole rings is 1. The van der Waals surface area contributed by atoms with Crippen molar-refractivity contribution in [3.8, 4) is 10.9 Å². The van der Waals surface area contributed by atoms with Gasteiger partial charge in [0.25, 0.3) is 11.1 Å². The first-order chi connectivity index (χ1) is 21.5. The van der Waals surface area contributed by atoms with Gasteiger partial charge in [-0.05, 0) is 61.1 Å². The molecule has 1 aromatic heterocycles. The Morgan fingerprint density at radius 3 is 2.56 bits per heavy atom. The summed E-state index contributed by atoms with van der Waals surface area (Å²) in [5.41, 5.74) is 1.75. The molecule has 6 rings (SSSR count). The van der Waals surface area contributed by atoms with E-state index >= 15 is 0 Å². The summed E-state index contributed by atoms with van der Waals surface area (Å²) >= 11 is 20.1. The van der Waals surface area contributed by atoms with E-state index in [1.165, 1.54) is 17.4 Å². The predicted octanol–water partition coefficient (Wildman–Crippen LogP) is 7.17. The fourth-order valence-corrected chi connectivity index (χ4v) is 7.63. The van der Waals surface area contributed by atoms with E-state index in [0.717, 1.165) is 41.5 Å². The van der Waals surface area contributed by atoms with Gasteiger partial charge in [0.1, 0.15) is 13.2 Å². The first-order valence-corrected chi connectivity index (χ1v) is 16.5. The molecule has 2 N–H and O–H groups in total. The first kappa shape index (κ1) is 32.4. The molecule has 2 bridgehead atoms. The van der Waals surface area contributed by atoms with Gasteiger partial charge in [0.2, 0.25) is 0 Å². The molecular formula is C31H30Cl3F3N4O3S. The fourth-order valence-electron chi connectivity index (χ4n) is 5.77. The van der Waals surface area contributed by atoms with Crippen LogP contribution < -0.4 is 20.1 Å². The van der Waals surface area contributed by atoms with Gasteiger partial charge in [0.15, 0.2) is 5.75 Å². The number of amides is 1. The van der Waals surface area contributed by atoms with Gasteiger partial charge >= 0.3 is 6.18 Å². The van der Waals surface area contributed by atoms with Crippen LogP contribution in [0.5, 0.6) is 10.9 Å². The van der Waals surface area contributed by atoms with Crippen LogP contribution in [0.3, 0.4) is 0 Å². The highest BCUT2D eigenvalue weighted by Crippen LogP contribution is 2.41. The van der Waals surface area contributed by atoms with Crippen molar-refractivity contribution in [1.82, 2.24) is 20.5 Å². The molecule has 1 aliphatic carbocycles. The van der Waals surface area contributed by atoms with E-state index in [1.807, 2.05) is 6.92 Å². The summed E-state index contributed by atoms with van der Waals surface area (Å²) in [5.74, 6) is 0.180. The lowest BCUT2D eigenvalue weighted by Crippen LogP contribution is -2.59. The maximum atomic E-state index is 14.3. The van der Waals surface area contributed by atoms with Crippen LogP contribution in [0.1, 0.15) is 40.8 Å². The monoisotopic (exact) mass is 700 g/mol. The second kappa shape index (κ2) is 13.3. The van der Waals surface area contributed by atoms with Crippen LogP contribution >= 0.6 is 46.1 Å². The zero-order chi connectivity index (χ0) is 31.9. The molecule has 240 valence electrons. The van der Waals surface area contributed by atoms with Crippen LogP contribution in [0, 0.1) is 6.92 Å². The molecule has 3 aliphatic rings. The van der Waals surface area contributed by atoms with Gasteiger partial charge < -0.3 is 25.0 Å². The number of nitrogens with zero attached hydrogens (tertiary/aromatic N) is 2. The van der Waals surface area contributed by atoms with Crippen molar-refractivity contribution in [3.63, 3.8) is 0 Å². The Morgan fingerprint density at radius 2 is 1.84 bits per heavy atom. The zero-order valence-electron chi connectivity index (χ0n) is 24.1. The smallest absolute Gasteiger partial charge is 0.417 e. The number of alkyl halides is 3. The van der Waals surface area contributed by atoms with Crippen molar-refractivity contribution in [2.75, 3.05) is 26.3 Å². The van der Waals surface area contributed by atoms with Crippen molar-refractivity contribution in [2.24, 2.45) is 0 Å². The lowest BCUT2D eigenvalue weighted by molar-refractivity contribution is -0.137. The standard InChI is InChI=1S/C31H30Cl3F3N4O3S/c1-16-9-22(32)28(23(33)10-16)43-7-8-44-30-39-14-25(45-30)20-11-18-12-38-13-24(40-18)26(20)29(42)41(19-5-6-19)15-17-3-2-4-21(27(17)34)31(35,36)37/h2-4,9-10,14,18-19,24,38,40H,5-8,11-13,15H2,1H3/t18-,24?/m0/s1. The Labute approximate surface area is 277 Å². The second-order valence-electron chi connectivity index (χ2n) is 11.4. The second-order valence-corrected chi connectivity index (χ2v) is 13.5. The molecule has 3 aromatic rings. The van der Waals surface area contributed by atoms with Crippen molar-refractivity contribution in [2.45, 2.75) is 57.0 Å². The molecular weight excluding hydrogens is 672 g/mol. The highest BCUT2D eigenvalue weighted by Gasteiger charge is 2.42. The maximum Gasteiger partial charge on any atom is 0.417 e. The Bertz CT molecular complexity index is 1610. The predicted molar refractivity (Wildman–Crippen MR) is 169 cm³/mol. The molecule has 14 heteroatoms. The highest BCUT2D eigenvalue weighted by atomic mass is 35.5. The zero-order valence-corrected chi connectivity index (χ0v) is 27.2.